The van der Waals surface area contributed by atoms with Crippen molar-refractivity contribution in [3.05, 3.63) is 76.5 Å². The largest absolute Gasteiger partial charge is 0.299 e. The lowest BCUT2D eigenvalue weighted by Gasteiger charge is -2.03. The smallest absolute Gasteiger partial charge is 0.0794 e. The van der Waals surface area contributed by atoms with Crippen LogP contribution >= 0.6 is 0 Å². The molecule has 1 N–H and O–H groups in total. The number of aliphatic imine (C=N–C) groups is 1. The Labute approximate surface area is 132 Å². The van der Waals surface area contributed by atoms with E-state index in [-0.39, 0.29) is 0 Å². The fraction of sp³-hybridized carbons (Fsp3) is 0.200. The van der Waals surface area contributed by atoms with Gasteiger partial charge in [0.2, 0.25) is 0 Å². The van der Waals surface area contributed by atoms with E-state index in [1.54, 1.807) is 6.21 Å². The molecule has 0 aliphatic heterocycles. The molecule has 112 valence electrons. The van der Waals surface area contributed by atoms with Gasteiger partial charge in [-0.25, -0.2) is 0 Å². The van der Waals surface area contributed by atoms with Crippen molar-refractivity contribution in [2.75, 3.05) is 0 Å². The van der Waals surface area contributed by atoms with Gasteiger partial charge >= 0.3 is 0 Å². The Morgan fingerprint density at radius 1 is 0.955 bits per heavy atom. The first-order valence-electron chi connectivity index (χ1n) is 7.40. The highest BCUT2D eigenvalue weighted by Crippen LogP contribution is 2.15. The molecule has 0 fully saturated rings. The average Bonchev–Trinajstić information content (AvgIpc) is 2.49. The van der Waals surface area contributed by atoms with Crippen LogP contribution in [0.5, 0.6) is 0 Å². The van der Waals surface area contributed by atoms with E-state index in [9.17, 15) is 0 Å². The summed E-state index contributed by atoms with van der Waals surface area (Å²) in [7, 11) is 0. The van der Waals surface area contributed by atoms with E-state index in [2.05, 4.69) is 44.0 Å². The summed E-state index contributed by atoms with van der Waals surface area (Å²) in [5.74, 6) is 0. The molecule has 0 aliphatic carbocycles. The highest BCUT2D eigenvalue weighted by atomic mass is 14.7. The van der Waals surface area contributed by atoms with E-state index >= 15 is 0 Å². The highest BCUT2D eigenvalue weighted by Gasteiger charge is 2.00. The Bertz CT molecular complexity index is 752. The molecule has 2 rings (SSSR count). The summed E-state index contributed by atoms with van der Waals surface area (Å²) in [4.78, 5) is 4.29. The van der Waals surface area contributed by atoms with Crippen molar-refractivity contribution in [3.63, 3.8) is 0 Å². The van der Waals surface area contributed by atoms with E-state index in [0.29, 0.717) is 5.71 Å². The van der Waals surface area contributed by atoms with Crippen LogP contribution in [0.2, 0.25) is 0 Å². The van der Waals surface area contributed by atoms with Gasteiger partial charge in [-0.3, -0.25) is 10.4 Å². The SMILES string of the molecule is C/C(=C\N=C/C(=N)c1ccc(C)c(C)c1)c1cccc(C)c1. The summed E-state index contributed by atoms with van der Waals surface area (Å²) in [5.41, 5.74) is 7.25. The lowest BCUT2D eigenvalue weighted by atomic mass is 10.0. The summed E-state index contributed by atoms with van der Waals surface area (Å²) in [5, 5.41) is 8.10. The maximum Gasteiger partial charge on any atom is 0.0794 e. The van der Waals surface area contributed by atoms with Gasteiger partial charge in [-0.05, 0) is 56.0 Å². The molecular formula is C20H22N2. The Morgan fingerprint density at radius 3 is 2.41 bits per heavy atom. The van der Waals surface area contributed by atoms with Gasteiger partial charge in [-0.15, -0.1) is 0 Å². The first-order chi connectivity index (χ1) is 10.5. The van der Waals surface area contributed by atoms with Gasteiger partial charge in [-0.2, -0.15) is 0 Å². The number of hydrogen-bond acceptors (Lipinski definition) is 2. The van der Waals surface area contributed by atoms with E-state index < -0.39 is 0 Å². The van der Waals surface area contributed by atoms with Crippen LogP contribution < -0.4 is 0 Å². The van der Waals surface area contributed by atoms with Crippen molar-refractivity contribution in [1.29, 1.82) is 5.41 Å². The minimum Gasteiger partial charge on any atom is -0.299 e. The van der Waals surface area contributed by atoms with E-state index in [1.807, 2.05) is 37.4 Å². The molecule has 2 aromatic rings. The van der Waals surface area contributed by atoms with Crippen molar-refractivity contribution in [2.24, 2.45) is 4.99 Å². The first-order valence-corrected chi connectivity index (χ1v) is 7.40. The maximum atomic E-state index is 8.10. The number of allylic oxidation sites excluding steroid dienone is 1. The van der Waals surface area contributed by atoms with Crippen molar-refractivity contribution in [2.45, 2.75) is 27.7 Å². The average molecular weight is 290 g/mol. The molecule has 0 spiro atoms. The van der Waals surface area contributed by atoms with Gasteiger partial charge in [0, 0.05) is 11.8 Å². The molecule has 0 atom stereocenters. The molecule has 0 saturated carbocycles. The second-order valence-corrected chi connectivity index (χ2v) is 5.67. The second kappa shape index (κ2) is 6.99. The third kappa shape index (κ3) is 4.01. The molecule has 0 amide bonds. The molecule has 0 saturated heterocycles. The maximum absolute atomic E-state index is 8.10. The van der Waals surface area contributed by atoms with E-state index in [0.717, 1.165) is 16.7 Å². The van der Waals surface area contributed by atoms with Gasteiger partial charge in [0.05, 0.1) is 11.9 Å². The zero-order valence-electron chi connectivity index (χ0n) is 13.6. The zero-order valence-corrected chi connectivity index (χ0v) is 13.6. The van der Waals surface area contributed by atoms with E-state index in [4.69, 9.17) is 5.41 Å². The van der Waals surface area contributed by atoms with Gasteiger partial charge in [0.1, 0.15) is 0 Å². The number of rotatable bonds is 4. The van der Waals surface area contributed by atoms with Crippen molar-refractivity contribution < 1.29 is 0 Å². The number of hydrogen-bond donors (Lipinski definition) is 1. The van der Waals surface area contributed by atoms with E-state index in [1.165, 1.54) is 16.7 Å². The molecule has 2 aromatic carbocycles. The fourth-order valence-electron chi connectivity index (χ4n) is 2.17. The van der Waals surface area contributed by atoms with Crippen LogP contribution in [0.4, 0.5) is 0 Å². The molecular weight excluding hydrogens is 268 g/mol. The molecule has 0 heterocycles. The molecule has 0 radical (unpaired) electrons. The topological polar surface area (TPSA) is 36.2 Å². The summed E-state index contributed by atoms with van der Waals surface area (Å²) in [6.45, 7) is 8.25. The summed E-state index contributed by atoms with van der Waals surface area (Å²) in [6, 6.07) is 14.4. The van der Waals surface area contributed by atoms with Gasteiger partial charge in [0.25, 0.3) is 0 Å². The van der Waals surface area contributed by atoms with Crippen molar-refractivity contribution in [3.8, 4) is 0 Å². The summed E-state index contributed by atoms with van der Waals surface area (Å²) >= 11 is 0. The summed E-state index contributed by atoms with van der Waals surface area (Å²) in [6.07, 6.45) is 3.41. The van der Waals surface area contributed by atoms with Gasteiger partial charge in [-0.1, -0.05) is 42.0 Å². The van der Waals surface area contributed by atoms with Gasteiger partial charge < -0.3 is 0 Å². The number of aryl methyl sites for hydroxylation is 3. The van der Waals surface area contributed by atoms with Crippen LogP contribution in [0.3, 0.4) is 0 Å². The quantitative estimate of drug-likeness (QED) is 0.760. The van der Waals surface area contributed by atoms with Crippen LogP contribution in [0.25, 0.3) is 5.57 Å². The van der Waals surface area contributed by atoms with Crippen LogP contribution in [-0.2, 0) is 0 Å². The number of nitrogens with zero attached hydrogens (tertiary/aromatic N) is 1. The lowest BCUT2D eigenvalue weighted by Crippen LogP contribution is -2.01. The Balaban J connectivity index is 2.12. The minimum absolute atomic E-state index is 0.427. The number of nitrogens with one attached hydrogen (secondary N) is 1. The molecule has 0 bridgehead atoms. The predicted octanol–water partition coefficient (Wildman–Crippen LogP) is 5.11. The third-order valence-corrected chi connectivity index (χ3v) is 3.76. The third-order valence-electron chi connectivity index (χ3n) is 3.76. The molecule has 0 aliphatic rings. The fourth-order valence-corrected chi connectivity index (χ4v) is 2.17. The highest BCUT2D eigenvalue weighted by molar-refractivity contribution is 6.36. The molecule has 0 unspecified atom stereocenters. The Morgan fingerprint density at radius 2 is 1.73 bits per heavy atom. The molecule has 22 heavy (non-hydrogen) atoms. The molecule has 2 nitrogen and oxygen atoms in total. The standard InChI is InChI=1S/C20H22N2/c1-14-6-5-7-18(10-14)17(4)12-22-13-20(21)19-9-8-15(2)16(3)11-19/h5-13,21H,1-4H3/b17-12+,21-20?,22-13-. The predicted molar refractivity (Wildman–Crippen MR) is 96.1 cm³/mol. The van der Waals surface area contributed by atoms with Crippen LogP contribution in [0, 0.1) is 26.2 Å². The van der Waals surface area contributed by atoms with Gasteiger partial charge in [0.15, 0.2) is 0 Å². The van der Waals surface area contributed by atoms with Crippen molar-refractivity contribution >= 4 is 17.5 Å². The monoisotopic (exact) mass is 290 g/mol. The number of benzene rings is 2. The molecule has 0 aromatic heterocycles. The minimum atomic E-state index is 0.427. The van der Waals surface area contributed by atoms with Crippen LogP contribution in [-0.4, -0.2) is 11.9 Å². The lowest BCUT2D eigenvalue weighted by molar-refractivity contribution is 1.33. The summed E-state index contributed by atoms with van der Waals surface area (Å²) < 4.78 is 0. The van der Waals surface area contributed by atoms with Crippen LogP contribution in [0.1, 0.15) is 34.7 Å². The van der Waals surface area contributed by atoms with Crippen molar-refractivity contribution in [1.82, 2.24) is 0 Å². The second-order valence-electron chi connectivity index (χ2n) is 5.67. The first kappa shape index (κ1) is 15.9. The molecule has 2 heteroatoms. The Kier molecular flexibility index (Phi) is 5.05. The Hall–Kier alpha value is -2.48. The zero-order chi connectivity index (χ0) is 16.1. The normalized spacial score (nSPS) is 11.9. The van der Waals surface area contributed by atoms with Crippen LogP contribution in [0.15, 0.2) is 53.7 Å².